The van der Waals surface area contributed by atoms with Crippen molar-refractivity contribution < 1.29 is 38.1 Å². The Morgan fingerprint density at radius 2 is 1.00 bits per heavy atom. The standard InChI is InChI=1S/C62H105NO8/c1-5-8-17-24-47-37-52(47)41-54-39-49(54)26-20-13-11-15-22-29-59(64)68-44-56(70-60(65)30-23-16-12-14-21-27-50-40-55(50)42-53-38-48(53)25-18-9-6-2)45-69-61(66)43-51-31-32-58(57(51)28-19-10-7-3)71-62(67)46-33-35-63(4)36-34-46/h10,19,46-58H,5-9,11-18,20-45H2,1-4H3/b19-10-. The third-order valence-corrected chi connectivity index (χ3v) is 18.4. The zero-order valence-corrected chi connectivity index (χ0v) is 46.0. The van der Waals surface area contributed by atoms with Crippen LogP contribution in [0.4, 0.5) is 0 Å². The molecule has 9 heteroatoms. The second-order valence-corrected chi connectivity index (χ2v) is 24.5. The number of piperidine rings is 1. The van der Waals surface area contributed by atoms with E-state index in [1.165, 1.54) is 128 Å². The van der Waals surface area contributed by atoms with Gasteiger partial charge < -0.3 is 23.8 Å². The van der Waals surface area contributed by atoms with Gasteiger partial charge in [0, 0.05) is 25.2 Å². The number of likely N-dealkylation sites (tertiary alicyclic amines) is 1. The Bertz CT molecular complexity index is 1570. The first kappa shape index (κ1) is 57.9. The van der Waals surface area contributed by atoms with Crippen molar-refractivity contribution >= 4 is 23.9 Å². The van der Waals surface area contributed by atoms with Gasteiger partial charge in [-0.3, -0.25) is 19.2 Å². The summed E-state index contributed by atoms with van der Waals surface area (Å²) in [6.45, 7) is 8.23. The fourth-order valence-corrected chi connectivity index (χ4v) is 13.2. The Kier molecular flexibility index (Phi) is 26.2. The van der Waals surface area contributed by atoms with Crippen molar-refractivity contribution in [2.45, 2.75) is 258 Å². The lowest BCUT2D eigenvalue weighted by Crippen LogP contribution is -2.36. The average molecular weight is 993 g/mol. The molecule has 12 atom stereocenters. The lowest BCUT2D eigenvalue weighted by molar-refractivity contribution is -0.167. The van der Waals surface area contributed by atoms with Crippen LogP contribution in [0.2, 0.25) is 0 Å². The highest BCUT2D eigenvalue weighted by atomic mass is 16.6. The van der Waals surface area contributed by atoms with Crippen LogP contribution >= 0.6 is 0 Å². The highest BCUT2D eigenvalue weighted by molar-refractivity contribution is 5.73. The van der Waals surface area contributed by atoms with Crippen molar-refractivity contribution in [1.82, 2.24) is 4.90 Å². The number of allylic oxidation sites excluding steroid dienone is 2. The lowest BCUT2D eigenvalue weighted by Gasteiger charge is -2.30. The summed E-state index contributed by atoms with van der Waals surface area (Å²) in [5.41, 5.74) is 0. The van der Waals surface area contributed by atoms with Crippen molar-refractivity contribution in [1.29, 1.82) is 0 Å². The molecule has 0 amide bonds. The molecule has 9 nitrogen and oxygen atoms in total. The van der Waals surface area contributed by atoms with E-state index in [1.54, 1.807) is 0 Å². The number of unbranched alkanes of at least 4 members (excludes halogenated alkanes) is 12. The van der Waals surface area contributed by atoms with Crippen molar-refractivity contribution in [3.63, 3.8) is 0 Å². The summed E-state index contributed by atoms with van der Waals surface area (Å²) in [5, 5.41) is 0. The molecule has 0 spiro atoms. The maximum absolute atomic E-state index is 13.5. The lowest BCUT2D eigenvalue weighted by atomic mass is 9.88. The molecule has 6 rings (SSSR count). The Morgan fingerprint density at radius 3 is 1.52 bits per heavy atom. The number of ether oxygens (including phenoxy) is 4. The molecule has 406 valence electrons. The van der Waals surface area contributed by atoms with E-state index in [-0.39, 0.29) is 67.4 Å². The zero-order valence-electron chi connectivity index (χ0n) is 46.0. The molecule has 5 saturated carbocycles. The molecule has 5 aliphatic carbocycles. The van der Waals surface area contributed by atoms with Crippen molar-refractivity contribution in [3.05, 3.63) is 12.2 Å². The first-order valence-electron chi connectivity index (χ1n) is 30.7. The number of hydrogen-bond donors (Lipinski definition) is 0. The molecule has 0 aromatic rings. The molecule has 6 aliphatic rings. The van der Waals surface area contributed by atoms with Crippen LogP contribution in [-0.4, -0.2) is 74.3 Å². The third kappa shape index (κ3) is 22.5. The number of carbonyl (C=O) groups excluding carboxylic acids is 4. The van der Waals surface area contributed by atoms with Crippen molar-refractivity contribution in [2.24, 2.45) is 65.1 Å². The van der Waals surface area contributed by atoms with Gasteiger partial charge in [0.1, 0.15) is 19.3 Å². The van der Waals surface area contributed by atoms with E-state index in [0.29, 0.717) is 12.8 Å². The largest absolute Gasteiger partial charge is 0.462 e. The second kappa shape index (κ2) is 32.1. The van der Waals surface area contributed by atoms with Crippen LogP contribution in [0.1, 0.15) is 245 Å². The molecule has 1 heterocycles. The maximum Gasteiger partial charge on any atom is 0.309 e. The first-order valence-corrected chi connectivity index (χ1v) is 30.7. The van der Waals surface area contributed by atoms with E-state index in [9.17, 15) is 19.2 Å². The van der Waals surface area contributed by atoms with Crippen molar-refractivity contribution in [3.8, 4) is 0 Å². The average Bonchev–Trinajstić information content (AvgIpc) is 4.25. The number of esters is 4. The molecule has 0 aromatic carbocycles. The van der Waals surface area contributed by atoms with Crippen LogP contribution in [0.3, 0.4) is 0 Å². The smallest absolute Gasteiger partial charge is 0.309 e. The summed E-state index contributed by atoms with van der Waals surface area (Å²) in [5.74, 6) is 6.96. The van der Waals surface area contributed by atoms with Crippen LogP contribution in [-0.2, 0) is 38.1 Å². The Balaban J connectivity index is 0.862. The van der Waals surface area contributed by atoms with Gasteiger partial charge in [0.05, 0.1) is 5.92 Å². The predicted molar refractivity (Wildman–Crippen MR) is 285 cm³/mol. The van der Waals surface area contributed by atoms with Crippen LogP contribution in [0.25, 0.3) is 0 Å². The van der Waals surface area contributed by atoms with Crippen molar-refractivity contribution in [2.75, 3.05) is 33.4 Å². The minimum absolute atomic E-state index is 0.0189. The number of carbonyl (C=O) groups is 4. The molecule has 0 bridgehead atoms. The van der Waals surface area contributed by atoms with Crippen LogP contribution in [0, 0.1) is 65.1 Å². The fourth-order valence-electron chi connectivity index (χ4n) is 13.2. The minimum Gasteiger partial charge on any atom is -0.462 e. The third-order valence-electron chi connectivity index (χ3n) is 18.4. The van der Waals surface area contributed by atoms with Gasteiger partial charge in [-0.25, -0.2) is 0 Å². The highest BCUT2D eigenvalue weighted by Gasteiger charge is 2.46. The summed E-state index contributed by atoms with van der Waals surface area (Å²) in [6, 6.07) is 0. The monoisotopic (exact) mass is 992 g/mol. The van der Waals surface area contributed by atoms with Gasteiger partial charge in [-0.2, -0.15) is 0 Å². The molecular weight excluding hydrogens is 887 g/mol. The Morgan fingerprint density at radius 1 is 0.521 bits per heavy atom. The second-order valence-electron chi connectivity index (χ2n) is 24.5. The minimum atomic E-state index is -0.850. The first-order chi connectivity index (χ1) is 34.6. The topological polar surface area (TPSA) is 108 Å². The molecule has 6 fully saturated rings. The predicted octanol–water partition coefficient (Wildman–Crippen LogP) is 15.0. The Labute approximate surface area is 433 Å². The van der Waals surface area contributed by atoms with Crippen LogP contribution in [0.5, 0.6) is 0 Å². The fraction of sp³-hybridized carbons (Fsp3) is 0.903. The Hall–Kier alpha value is -2.42. The molecule has 0 aromatic heterocycles. The number of nitrogens with zero attached hydrogens (tertiary/aromatic N) is 1. The molecule has 1 saturated heterocycles. The molecule has 0 N–H and O–H groups in total. The van der Waals surface area contributed by atoms with Gasteiger partial charge >= 0.3 is 23.9 Å². The van der Waals surface area contributed by atoms with E-state index < -0.39 is 6.10 Å². The summed E-state index contributed by atoms with van der Waals surface area (Å²) in [7, 11) is 2.09. The van der Waals surface area contributed by atoms with Crippen LogP contribution in [0.15, 0.2) is 12.2 Å². The van der Waals surface area contributed by atoms with E-state index in [0.717, 1.165) is 137 Å². The summed E-state index contributed by atoms with van der Waals surface area (Å²) < 4.78 is 23.6. The van der Waals surface area contributed by atoms with Gasteiger partial charge in [0.2, 0.25) is 0 Å². The highest BCUT2D eigenvalue weighted by Crippen LogP contribution is 2.56. The van der Waals surface area contributed by atoms with Gasteiger partial charge in [-0.15, -0.1) is 0 Å². The number of rotatable bonds is 40. The SMILES string of the molecule is CC/C=C\CC1C(CC(=O)OCC(COC(=O)CCCCCCCC2CC2CC2CC2CCCCC)OC(=O)CCCCCCCC2CC2CC2CC2CCCCC)CCC1OC(=O)C1CCN(C)CC1. The van der Waals surface area contributed by atoms with Gasteiger partial charge in [0.25, 0.3) is 0 Å². The van der Waals surface area contributed by atoms with Gasteiger partial charge in [0.15, 0.2) is 6.10 Å². The van der Waals surface area contributed by atoms with Gasteiger partial charge in [-0.05, 0) is 163 Å². The molecule has 0 radical (unpaired) electrons. The zero-order chi connectivity index (χ0) is 50.2. The quantitative estimate of drug-likeness (QED) is 0.0257. The van der Waals surface area contributed by atoms with Gasteiger partial charge in [-0.1, -0.05) is 148 Å². The molecule has 71 heavy (non-hydrogen) atoms. The molecular formula is C62H105NO8. The summed E-state index contributed by atoms with van der Waals surface area (Å²) in [6.07, 6.45) is 42.6. The molecule has 12 unspecified atom stereocenters. The van der Waals surface area contributed by atoms with E-state index in [4.69, 9.17) is 18.9 Å². The molecule has 1 aliphatic heterocycles. The van der Waals surface area contributed by atoms with E-state index in [2.05, 4.69) is 44.9 Å². The van der Waals surface area contributed by atoms with Crippen LogP contribution < -0.4 is 0 Å². The summed E-state index contributed by atoms with van der Waals surface area (Å²) in [4.78, 5) is 55.1. The summed E-state index contributed by atoms with van der Waals surface area (Å²) >= 11 is 0. The van der Waals surface area contributed by atoms with E-state index in [1.807, 2.05) is 0 Å². The normalized spacial score (nSPS) is 29.5. The van der Waals surface area contributed by atoms with E-state index >= 15 is 0 Å². The maximum atomic E-state index is 13.5. The number of hydrogen-bond acceptors (Lipinski definition) is 9.